The topological polar surface area (TPSA) is 50.4 Å². The molecule has 0 heterocycles. The van der Waals surface area contributed by atoms with E-state index in [0.717, 1.165) is 42.5 Å². The number of hydrogen-bond donors (Lipinski definition) is 2. The summed E-state index contributed by atoms with van der Waals surface area (Å²) in [6.45, 7) is 2.81. The van der Waals surface area contributed by atoms with Gasteiger partial charge in [-0.2, -0.15) is 0 Å². The van der Waals surface area contributed by atoms with Crippen molar-refractivity contribution in [1.29, 1.82) is 0 Å². The highest BCUT2D eigenvalue weighted by Gasteiger charge is 2.43. The number of nitrogens with two attached hydrogens (primary N) is 1. The molecule has 0 aromatic heterocycles. The Hall–Kier alpha value is -1.68. The zero-order valence-corrected chi connectivity index (χ0v) is 12.1. The maximum atomic E-state index is 13.9. The first-order chi connectivity index (χ1) is 9.65. The van der Waals surface area contributed by atoms with Gasteiger partial charge in [0.2, 0.25) is 0 Å². The van der Waals surface area contributed by atoms with Gasteiger partial charge in [0.05, 0.1) is 0 Å². The summed E-state index contributed by atoms with van der Waals surface area (Å²) in [7, 11) is 1.92. The van der Waals surface area contributed by atoms with Gasteiger partial charge in [-0.1, -0.05) is 6.92 Å². The van der Waals surface area contributed by atoms with Crippen molar-refractivity contribution in [1.82, 2.24) is 5.32 Å². The Morgan fingerprint density at radius 1 is 1.45 bits per heavy atom. The van der Waals surface area contributed by atoms with Crippen LogP contribution in [-0.2, 0) is 5.54 Å². The monoisotopic (exact) mass is 275 g/mol. The molecule has 3 nitrogen and oxygen atoms in total. The molecule has 1 fully saturated rings. The molecule has 1 aromatic rings. The SMILES string of the molecule is CCCN=C/C(=C\N)c1cc(F)cc(C2(NC)CC2)c1. The molecule has 0 aliphatic heterocycles. The Bertz CT molecular complexity index is 531. The lowest BCUT2D eigenvalue weighted by atomic mass is 9.98. The summed E-state index contributed by atoms with van der Waals surface area (Å²) in [6.07, 6.45) is 6.26. The third-order valence-corrected chi connectivity index (χ3v) is 3.77. The summed E-state index contributed by atoms with van der Waals surface area (Å²) in [5.41, 5.74) is 8.12. The summed E-state index contributed by atoms with van der Waals surface area (Å²) in [4.78, 5) is 4.28. The van der Waals surface area contributed by atoms with Gasteiger partial charge in [0.1, 0.15) is 5.82 Å². The molecule has 0 radical (unpaired) electrons. The number of nitrogens with zero attached hydrogens (tertiary/aromatic N) is 1. The molecule has 20 heavy (non-hydrogen) atoms. The van der Waals surface area contributed by atoms with E-state index in [0.29, 0.717) is 0 Å². The largest absolute Gasteiger partial charge is 0.404 e. The van der Waals surface area contributed by atoms with Crippen molar-refractivity contribution in [2.24, 2.45) is 10.7 Å². The normalized spacial score (nSPS) is 17.6. The zero-order chi connectivity index (χ0) is 14.6. The minimum Gasteiger partial charge on any atom is -0.404 e. The van der Waals surface area contributed by atoms with Crippen LogP contribution in [0.5, 0.6) is 0 Å². The fraction of sp³-hybridized carbons (Fsp3) is 0.438. The van der Waals surface area contributed by atoms with Crippen LogP contribution in [0.3, 0.4) is 0 Å². The van der Waals surface area contributed by atoms with Gasteiger partial charge < -0.3 is 11.1 Å². The molecule has 1 aliphatic carbocycles. The Morgan fingerprint density at radius 2 is 2.20 bits per heavy atom. The molecule has 4 heteroatoms. The van der Waals surface area contributed by atoms with Crippen molar-refractivity contribution >= 4 is 11.8 Å². The molecule has 1 aliphatic rings. The van der Waals surface area contributed by atoms with E-state index in [1.165, 1.54) is 12.3 Å². The highest BCUT2D eigenvalue weighted by atomic mass is 19.1. The minimum absolute atomic E-state index is 0.0584. The zero-order valence-electron chi connectivity index (χ0n) is 12.1. The molecule has 0 bridgehead atoms. The van der Waals surface area contributed by atoms with E-state index in [2.05, 4.69) is 17.2 Å². The van der Waals surface area contributed by atoms with Crippen LogP contribution in [-0.4, -0.2) is 19.8 Å². The van der Waals surface area contributed by atoms with Gasteiger partial charge in [-0.25, -0.2) is 4.39 Å². The molecule has 0 spiro atoms. The predicted molar refractivity (Wildman–Crippen MR) is 82.2 cm³/mol. The Kier molecular flexibility index (Phi) is 4.55. The average Bonchev–Trinajstić information content (AvgIpc) is 3.24. The van der Waals surface area contributed by atoms with E-state index in [4.69, 9.17) is 5.73 Å². The number of nitrogens with one attached hydrogen (secondary N) is 1. The van der Waals surface area contributed by atoms with E-state index in [1.807, 2.05) is 13.1 Å². The van der Waals surface area contributed by atoms with E-state index in [9.17, 15) is 4.39 Å². The smallest absolute Gasteiger partial charge is 0.124 e. The highest BCUT2D eigenvalue weighted by Crippen LogP contribution is 2.45. The van der Waals surface area contributed by atoms with Gasteiger partial charge in [0, 0.05) is 30.1 Å². The molecule has 1 saturated carbocycles. The second-order valence-electron chi connectivity index (χ2n) is 5.22. The van der Waals surface area contributed by atoms with E-state index >= 15 is 0 Å². The quantitative estimate of drug-likeness (QED) is 0.784. The third kappa shape index (κ3) is 3.07. The van der Waals surface area contributed by atoms with Gasteiger partial charge in [-0.15, -0.1) is 0 Å². The summed E-state index contributed by atoms with van der Waals surface area (Å²) in [6, 6.07) is 5.11. The van der Waals surface area contributed by atoms with Crippen molar-refractivity contribution in [3.63, 3.8) is 0 Å². The molecular formula is C16H22FN3. The number of aliphatic imine (C=N–C) groups is 1. The number of hydrogen-bond acceptors (Lipinski definition) is 3. The van der Waals surface area contributed by atoms with Crippen molar-refractivity contribution in [3.05, 3.63) is 41.3 Å². The Morgan fingerprint density at radius 3 is 2.75 bits per heavy atom. The van der Waals surface area contributed by atoms with Crippen LogP contribution in [0, 0.1) is 5.82 Å². The molecule has 0 atom stereocenters. The first kappa shape index (κ1) is 14.7. The second-order valence-corrected chi connectivity index (χ2v) is 5.22. The van der Waals surface area contributed by atoms with E-state index in [1.54, 1.807) is 12.3 Å². The van der Waals surface area contributed by atoms with Crippen LogP contribution >= 0.6 is 0 Å². The standard InChI is InChI=1S/C16H22FN3/c1-3-6-20-11-13(10-18)12-7-14(9-15(17)8-12)16(19-2)4-5-16/h7-11,19H,3-6,18H2,1-2H3/b13-10+,20-11?. The van der Waals surface area contributed by atoms with Crippen molar-refractivity contribution in [2.45, 2.75) is 31.7 Å². The first-order valence-electron chi connectivity index (χ1n) is 7.07. The first-order valence-corrected chi connectivity index (χ1v) is 7.07. The number of halogens is 1. The summed E-state index contributed by atoms with van der Waals surface area (Å²) < 4.78 is 13.9. The van der Waals surface area contributed by atoms with Gasteiger partial charge >= 0.3 is 0 Å². The molecule has 108 valence electrons. The van der Waals surface area contributed by atoms with Crippen LogP contribution in [0.4, 0.5) is 4.39 Å². The van der Waals surface area contributed by atoms with Gasteiger partial charge in [0.15, 0.2) is 0 Å². The fourth-order valence-corrected chi connectivity index (χ4v) is 2.35. The maximum absolute atomic E-state index is 13.9. The van der Waals surface area contributed by atoms with Gasteiger partial charge in [-0.3, -0.25) is 4.99 Å². The number of benzene rings is 1. The molecule has 0 saturated heterocycles. The molecule has 1 aromatic carbocycles. The summed E-state index contributed by atoms with van der Waals surface area (Å²) in [5.74, 6) is -0.234. The Labute approximate surface area is 119 Å². The predicted octanol–water partition coefficient (Wildman–Crippen LogP) is 2.81. The lowest BCUT2D eigenvalue weighted by Crippen LogP contribution is -2.24. The second kappa shape index (κ2) is 6.18. The van der Waals surface area contributed by atoms with Crippen LogP contribution in [0.15, 0.2) is 29.4 Å². The van der Waals surface area contributed by atoms with Crippen LogP contribution < -0.4 is 11.1 Å². The fourth-order valence-electron chi connectivity index (χ4n) is 2.35. The summed E-state index contributed by atoms with van der Waals surface area (Å²) in [5, 5.41) is 3.28. The highest BCUT2D eigenvalue weighted by molar-refractivity contribution is 6.09. The van der Waals surface area contributed by atoms with Crippen molar-refractivity contribution < 1.29 is 4.39 Å². The lowest BCUT2D eigenvalue weighted by molar-refractivity contribution is 0.570. The molecular weight excluding hydrogens is 253 g/mol. The minimum atomic E-state index is -0.234. The molecule has 0 amide bonds. The van der Waals surface area contributed by atoms with Crippen LogP contribution in [0.25, 0.3) is 5.57 Å². The van der Waals surface area contributed by atoms with Crippen molar-refractivity contribution in [2.75, 3.05) is 13.6 Å². The molecule has 2 rings (SSSR count). The number of rotatable bonds is 6. The Balaban J connectivity index is 2.32. The van der Waals surface area contributed by atoms with Crippen LogP contribution in [0.1, 0.15) is 37.3 Å². The maximum Gasteiger partial charge on any atom is 0.124 e. The molecule has 0 unspecified atom stereocenters. The number of allylic oxidation sites excluding steroid dienone is 1. The van der Waals surface area contributed by atoms with Gasteiger partial charge in [0.25, 0.3) is 0 Å². The van der Waals surface area contributed by atoms with Gasteiger partial charge in [-0.05, 0) is 55.6 Å². The summed E-state index contributed by atoms with van der Waals surface area (Å²) >= 11 is 0. The van der Waals surface area contributed by atoms with Crippen molar-refractivity contribution in [3.8, 4) is 0 Å². The van der Waals surface area contributed by atoms with E-state index < -0.39 is 0 Å². The molecule has 3 N–H and O–H groups in total. The van der Waals surface area contributed by atoms with E-state index in [-0.39, 0.29) is 11.4 Å². The third-order valence-electron chi connectivity index (χ3n) is 3.77. The lowest BCUT2D eigenvalue weighted by Gasteiger charge is -2.16. The van der Waals surface area contributed by atoms with Crippen LogP contribution in [0.2, 0.25) is 0 Å². The average molecular weight is 275 g/mol.